The molecule has 1 saturated heterocycles. The van der Waals surface area contributed by atoms with Crippen LogP contribution in [0.1, 0.15) is 18.4 Å². The first kappa shape index (κ1) is 11.9. The number of aliphatic hydroxyl groups is 1. The molecule has 1 saturated carbocycles. The zero-order valence-electron chi connectivity index (χ0n) is 10.8. The molecule has 0 amide bonds. The molecule has 1 aliphatic carbocycles. The number of anilines is 1. The first-order chi connectivity index (χ1) is 8.76. The normalized spacial score (nSPS) is 31.6. The first-order valence-electron chi connectivity index (χ1n) is 6.79. The summed E-state index contributed by atoms with van der Waals surface area (Å²) >= 11 is 0. The lowest BCUT2D eigenvalue weighted by atomic mass is 10.00. The molecule has 1 aromatic rings. The van der Waals surface area contributed by atoms with Crippen LogP contribution in [-0.2, 0) is 6.54 Å². The van der Waals surface area contributed by atoms with E-state index in [1.165, 1.54) is 12.0 Å². The third kappa shape index (κ3) is 2.22. The van der Waals surface area contributed by atoms with Crippen LogP contribution >= 0.6 is 0 Å². The molecule has 98 valence electrons. The molecule has 2 aliphatic rings. The Bertz CT molecular complexity index is 423. The van der Waals surface area contributed by atoms with Crippen LogP contribution in [0.25, 0.3) is 0 Å². The van der Waals surface area contributed by atoms with Gasteiger partial charge < -0.3 is 10.4 Å². The Labute approximate surface area is 108 Å². The fourth-order valence-corrected chi connectivity index (χ4v) is 3.43. The Morgan fingerprint density at radius 1 is 1.44 bits per heavy atom. The van der Waals surface area contributed by atoms with Crippen molar-refractivity contribution in [3.05, 3.63) is 23.9 Å². The van der Waals surface area contributed by atoms with Crippen LogP contribution in [0.3, 0.4) is 0 Å². The number of rotatable bonds is 3. The van der Waals surface area contributed by atoms with Crippen molar-refractivity contribution in [2.45, 2.75) is 25.5 Å². The van der Waals surface area contributed by atoms with Crippen molar-refractivity contribution < 1.29 is 5.11 Å². The van der Waals surface area contributed by atoms with Crippen molar-refractivity contribution in [1.29, 1.82) is 0 Å². The monoisotopic (exact) mass is 247 g/mol. The van der Waals surface area contributed by atoms with Gasteiger partial charge in [0, 0.05) is 38.8 Å². The lowest BCUT2D eigenvalue weighted by Crippen LogP contribution is -2.24. The summed E-state index contributed by atoms with van der Waals surface area (Å²) in [7, 11) is 1.89. The number of aromatic nitrogens is 1. The summed E-state index contributed by atoms with van der Waals surface area (Å²) in [6, 6.07) is 4.18. The van der Waals surface area contributed by atoms with Crippen LogP contribution in [0.2, 0.25) is 0 Å². The van der Waals surface area contributed by atoms with Crippen LogP contribution in [-0.4, -0.2) is 41.2 Å². The highest BCUT2D eigenvalue weighted by molar-refractivity contribution is 5.36. The van der Waals surface area contributed by atoms with E-state index in [1.54, 1.807) is 0 Å². The van der Waals surface area contributed by atoms with Gasteiger partial charge in [0.15, 0.2) is 0 Å². The second kappa shape index (κ2) is 4.86. The zero-order chi connectivity index (χ0) is 12.5. The first-order valence-corrected chi connectivity index (χ1v) is 6.79. The minimum Gasteiger partial charge on any atom is -0.393 e. The molecular formula is C14H21N3O. The van der Waals surface area contributed by atoms with Gasteiger partial charge in [0.25, 0.3) is 0 Å². The van der Waals surface area contributed by atoms with Gasteiger partial charge in [-0.3, -0.25) is 4.90 Å². The van der Waals surface area contributed by atoms with Crippen LogP contribution in [0.5, 0.6) is 0 Å². The molecule has 0 aromatic carbocycles. The predicted molar refractivity (Wildman–Crippen MR) is 71.3 cm³/mol. The van der Waals surface area contributed by atoms with E-state index >= 15 is 0 Å². The molecule has 4 heteroatoms. The summed E-state index contributed by atoms with van der Waals surface area (Å²) in [4.78, 5) is 6.70. The van der Waals surface area contributed by atoms with E-state index in [0.29, 0.717) is 11.8 Å². The topological polar surface area (TPSA) is 48.4 Å². The minimum absolute atomic E-state index is 0.0645. The molecule has 4 nitrogen and oxygen atoms in total. The fraction of sp³-hybridized carbons (Fsp3) is 0.643. The van der Waals surface area contributed by atoms with Gasteiger partial charge in [0.2, 0.25) is 0 Å². The van der Waals surface area contributed by atoms with E-state index < -0.39 is 0 Å². The highest BCUT2D eigenvalue weighted by Gasteiger charge is 2.41. The molecule has 18 heavy (non-hydrogen) atoms. The van der Waals surface area contributed by atoms with Crippen molar-refractivity contribution >= 4 is 5.82 Å². The number of hydrogen-bond donors (Lipinski definition) is 2. The maximum absolute atomic E-state index is 9.92. The number of pyridine rings is 1. The molecule has 2 N–H and O–H groups in total. The molecule has 1 aromatic heterocycles. The van der Waals surface area contributed by atoms with E-state index in [4.69, 9.17) is 0 Å². The van der Waals surface area contributed by atoms with Crippen LogP contribution in [0.15, 0.2) is 18.3 Å². The number of likely N-dealkylation sites (tertiary alicyclic amines) is 1. The van der Waals surface area contributed by atoms with Gasteiger partial charge in [-0.25, -0.2) is 4.98 Å². The molecule has 0 spiro atoms. The molecule has 2 heterocycles. The molecule has 2 fully saturated rings. The third-order valence-corrected chi connectivity index (χ3v) is 4.38. The zero-order valence-corrected chi connectivity index (χ0v) is 10.8. The Morgan fingerprint density at radius 2 is 2.33 bits per heavy atom. The summed E-state index contributed by atoms with van der Waals surface area (Å²) in [5.74, 6) is 2.15. The standard InChI is InChI=1S/C14H21N3O/c1-15-14-6-10(4-5-16-14)7-17-8-11-2-3-13(18)12(11)9-17/h4-6,11-13,18H,2-3,7-9H2,1H3,(H,15,16). The van der Waals surface area contributed by atoms with Crippen molar-refractivity contribution in [3.63, 3.8) is 0 Å². The Morgan fingerprint density at radius 3 is 3.11 bits per heavy atom. The van der Waals surface area contributed by atoms with E-state index in [0.717, 1.165) is 31.9 Å². The van der Waals surface area contributed by atoms with Gasteiger partial charge in [0.1, 0.15) is 5.82 Å². The second-order valence-corrected chi connectivity index (χ2v) is 5.56. The van der Waals surface area contributed by atoms with E-state index in [9.17, 15) is 5.11 Å². The Balaban J connectivity index is 1.64. The quantitative estimate of drug-likeness (QED) is 0.846. The average molecular weight is 247 g/mol. The molecule has 3 rings (SSSR count). The molecule has 3 atom stereocenters. The molecule has 0 bridgehead atoms. The van der Waals surface area contributed by atoms with Crippen LogP contribution < -0.4 is 5.32 Å². The summed E-state index contributed by atoms with van der Waals surface area (Å²) < 4.78 is 0. The summed E-state index contributed by atoms with van der Waals surface area (Å²) in [5, 5.41) is 13.0. The van der Waals surface area contributed by atoms with Crippen molar-refractivity contribution in [2.24, 2.45) is 11.8 Å². The molecular weight excluding hydrogens is 226 g/mol. The molecule has 1 aliphatic heterocycles. The van der Waals surface area contributed by atoms with Crippen LogP contribution in [0, 0.1) is 11.8 Å². The number of nitrogens with one attached hydrogen (secondary N) is 1. The SMILES string of the molecule is CNc1cc(CN2CC3CCC(O)C3C2)ccn1. The van der Waals surface area contributed by atoms with E-state index in [1.807, 2.05) is 13.2 Å². The number of hydrogen-bond acceptors (Lipinski definition) is 4. The maximum atomic E-state index is 9.92. The Kier molecular flexibility index (Phi) is 3.22. The summed E-state index contributed by atoms with van der Waals surface area (Å²) in [6.07, 6.45) is 3.99. The van der Waals surface area contributed by atoms with Gasteiger partial charge in [-0.1, -0.05) is 0 Å². The van der Waals surface area contributed by atoms with Gasteiger partial charge in [-0.2, -0.15) is 0 Å². The lowest BCUT2D eigenvalue weighted by molar-refractivity contribution is 0.123. The van der Waals surface area contributed by atoms with Crippen LogP contribution in [0.4, 0.5) is 5.82 Å². The fourth-order valence-electron chi connectivity index (χ4n) is 3.43. The summed E-state index contributed by atoms with van der Waals surface area (Å²) in [5.41, 5.74) is 1.30. The largest absolute Gasteiger partial charge is 0.393 e. The van der Waals surface area contributed by atoms with E-state index in [2.05, 4.69) is 27.3 Å². The van der Waals surface area contributed by atoms with Crippen molar-refractivity contribution in [3.8, 4) is 0 Å². The molecule has 3 unspecified atom stereocenters. The minimum atomic E-state index is -0.0645. The Hall–Kier alpha value is -1.13. The van der Waals surface area contributed by atoms with Gasteiger partial charge in [0.05, 0.1) is 6.10 Å². The van der Waals surface area contributed by atoms with E-state index in [-0.39, 0.29) is 6.10 Å². The van der Waals surface area contributed by atoms with Gasteiger partial charge in [-0.05, 0) is 36.5 Å². The average Bonchev–Trinajstić information content (AvgIpc) is 2.92. The smallest absolute Gasteiger partial charge is 0.125 e. The molecule has 0 radical (unpaired) electrons. The summed E-state index contributed by atoms with van der Waals surface area (Å²) in [6.45, 7) is 3.15. The van der Waals surface area contributed by atoms with Gasteiger partial charge >= 0.3 is 0 Å². The van der Waals surface area contributed by atoms with Crippen molar-refractivity contribution in [1.82, 2.24) is 9.88 Å². The second-order valence-electron chi connectivity index (χ2n) is 5.56. The third-order valence-electron chi connectivity index (χ3n) is 4.38. The number of fused-ring (bicyclic) bond motifs is 1. The lowest BCUT2D eigenvalue weighted by Gasteiger charge is -2.18. The number of aliphatic hydroxyl groups excluding tert-OH is 1. The number of nitrogens with zero attached hydrogens (tertiary/aromatic N) is 2. The van der Waals surface area contributed by atoms with Gasteiger partial charge in [-0.15, -0.1) is 0 Å². The highest BCUT2D eigenvalue weighted by atomic mass is 16.3. The predicted octanol–water partition coefficient (Wildman–Crippen LogP) is 1.33. The highest BCUT2D eigenvalue weighted by Crippen LogP contribution is 2.38. The van der Waals surface area contributed by atoms with Crippen molar-refractivity contribution in [2.75, 3.05) is 25.5 Å². The maximum Gasteiger partial charge on any atom is 0.125 e.